The first-order valence-corrected chi connectivity index (χ1v) is 13.4. The summed E-state index contributed by atoms with van der Waals surface area (Å²) in [5.74, 6) is -1.22. The van der Waals surface area contributed by atoms with Crippen molar-refractivity contribution in [3.63, 3.8) is 0 Å². The van der Waals surface area contributed by atoms with Crippen LogP contribution in [0.4, 0.5) is 11.4 Å². The van der Waals surface area contributed by atoms with Crippen LogP contribution < -0.4 is 16.4 Å². The summed E-state index contributed by atoms with van der Waals surface area (Å²) in [6, 6.07) is 3.74. The minimum Gasteiger partial charge on any atom is -0.465 e. The summed E-state index contributed by atoms with van der Waals surface area (Å²) in [4.78, 5) is 24.1. The minimum atomic E-state index is -0.650. The standard InChI is InChI=1S/C19H21I2N3O3/c1-27-19(26)15-9-17(24-13-5-3-7-21-11-13)16(8-14(15)18(22)25)23-12-4-2-6-20-10-12/h2-3,6-13,23-24H,4-5H2,1H3,(H2,22,25). The van der Waals surface area contributed by atoms with Gasteiger partial charge in [-0.3, -0.25) is 4.79 Å². The number of nitrogens with two attached hydrogens (primary N) is 1. The summed E-state index contributed by atoms with van der Waals surface area (Å²) in [6.45, 7) is 0. The Morgan fingerprint density at radius 3 is 1.93 bits per heavy atom. The number of benzene rings is 1. The quantitative estimate of drug-likeness (QED) is 0.347. The van der Waals surface area contributed by atoms with E-state index in [9.17, 15) is 9.59 Å². The highest BCUT2D eigenvalue weighted by Gasteiger charge is 2.21. The number of amides is 1. The van der Waals surface area contributed by atoms with E-state index in [0.717, 1.165) is 24.2 Å². The third kappa shape index (κ3) is 5.24. The van der Waals surface area contributed by atoms with Gasteiger partial charge in [-0.25, -0.2) is 4.79 Å². The Labute approximate surface area is 178 Å². The van der Waals surface area contributed by atoms with Crippen molar-refractivity contribution >= 4 is 72.7 Å². The normalized spacial score (nSPS) is 20.9. The van der Waals surface area contributed by atoms with E-state index in [2.05, 4.69) is 39.0 Å². The van der Waals surface area contributed by atoms with Crippen molar-refractivity contribution in [1.29, 1.82) is 0 Å². The first kappa shape index (κ1) is 20.2. The lowest BCUT2D eigenvalue weighted by Crippen LogP contribution is -2.26. The van der Waals surface area contributed by atoms with E-state index in [0.29, 0.717) is 0 Å². The molecule has 0 aliphatic carbocycles. The number of carbonyl (C=O) groups is 2. The Kier molecular flexibility index (Phi) is 7.16. The van der Waals surface area contributed by atoms with Crippen molar-refractivity contribution in [2.24, 2.45) is 5.73 Å². The molecule has 0 fully saturated rings. The molecule has 27 heavy (non-hydrogen) atoms. The number of hydrogen-bond acceptors (Lipinski definition) is 5. The summed E-state index contributed by atoms with van der Waals surface area (Å²) in [5.41, 5.74) is 7.42. The molecule has 2 aliphatic heterocycles. The number of methoxy groups -OCH3 is 1. The average molecular weight is 593 g/mol. The molecule has 0 saturated carbocycles. The van der Waals surface area contributed by atoms with Crippen LogP contribution >= 0.6 is 41.5 Å². The Morgan fingerprint density at radius 1 is 1.00 bits per heavy atom. The number of esters is 1. The van der Waals surface area contributed by atoms with Gasteiger partial charge in [-0.05, 0) is 41.2 Å². The van der Waals surface area contributed by atoms with E-state index < -0.39 is 11.9 Å². The Bertz CT molecular complexity index is 862. The van der Waals surface area contributed by atoms with Gasteiger partial charge in [0.15, 0.2) is 0 Å². The molecule has 8 heteroatoms. The SMILES string of the molecule is COC(=O)c1cc(NC2C=IC=CC2)c(NC2C=IC=CC2)cc1C(N)=O. The number of anilines is 2. The number of primary amides is 1. The molecule has 2 aliphatic rings. The maximum atomic E-state index is 12.2. The number of halogens is 2. The number of carbonyl (C=O) groups excluding carboxylic acids is 2. The molecule has 2 atom stereocenters. The van der Waals surface area contributed by atoms with Crippen LogP contribution in [0.25, 0.3) is 0 Å². The van der Waals surface area contributed by atoms with Crippen LogP contribution in [0, 0.1) is 0 Å². The van der Waals surface area contributed by atoms with Crippen molar-refractivity contribution in [2.45, 2.75) is 24.9 Å². The second-order valence-corrected chi connectivity index (χ2v) is 10.3. The molecule has 3 rings (SSSR count). The molecular weight excluding hydrogens is 572 g/mol. The van der Waals surface area contributed by atoms with Gasteiger partial charge in [0.25, 0.3) is 0 Å². The van der Waals surface area contributed by atoms with E-state index in [-0.39, 0.29) is 64.7 Å². The van der Waals surface area contributed by atoms with E-state index in [1.165, 1.54) is 7.11 Å². The maximum absolute atomic E-state index is 12.2. The minimum absolute atomic E-state index is 0.0566. The van der Waals surface area contributed by atoms with Crippen molar-refractivity contribution in [3.05, 3.63) is 43.6 Å². The van der Waals surface area contributed by atoms with Crippen LogP contribution in [0.2, 0.25) is 0 Å². The Balaban J connectivity index is 1.99. The Morgan fingerprint density at radius 2 is 1.52 bits per heavy atom. The van der Waals surface area contributed by atoms with Gasteiger partial charge in [0, 0.05) is 0 Å². The van der Waals surface area contributed by atoms with E-state index in [1.807, 2.05) is 0 Å². The van der Waals surface area contributed by atoms with Gasteiger partial charge in [-0.15, -0.1) is 0 Å². The first-order chi connectivity index (χ1) is 13.1. The van der Waals surface area contributed by atoms with E-state index in [1.54, 1.807) is 12.1 Å². The predicted octanol–water partition coefficient (Wildman–Crippen LogP) is 3.51. The lowest BCUT2D eigenvalue weighted by molar-refractivity contribution is 0.0597. The summed E-state index contributed by atoms with van der Waals surface area (Å²) in [7, 11) is 1.30. The molecule has 0 aromatic heterocycles. The highest BCUT2D eigenvalue weighted by molar-refractivity contribution is 14.2. The maximum Gasteiger partial charge on any atom is 0.338 e. The highest BCUT2D eigenvalue weighted by Crippen LogP contribution is 2.30. The van der Waals surface area contributed by atoms with E-state index in [4.69, 9.17) is 10.5 Å². The average Bonchev–Trinajstić information content (AvgIpc) is 2.69. The van der Waals surface area contributed by atoms with Crippen LogP contribution in [0.5, 0.6) is 0 Å². The Hall–Kier alpha value is -1.56. The molecule has 0 saturated heterocycles. The molecule has 0 spiro atoms. The predicted molar refractivity (Wildman–Crippen MR) is 129 cm³/mol. The molecule has 1 aromatic rings. The first-order valence-electron chi connectivity index (χ1n) is 8.38. The molecule has 2 unspecified atom stereocenters. The number of hydrogen-bond donors (Lipinski definition) is 3. The number of nitrogens with one attached hydrogen (secondary N) is 2. The largest absolute Gasteiger partial charge is 0.465 e. The van der Waals surface area contributed by atoms with Gasteiger partial charge in [-0.1, -0.05) is 53.6 Å². The molecule has 1 aromatic carbocycles. The fourth-order valence-corrected chi connectivity index (χ4v) is 6.37. The molecule has 144 valence electrons. The van der Waals surface area contributed by atoms with Crippen molar-refractivity contribution in [3.8, 4) is 0 Å². The second kappa shape index (κ2) is 9.58. The van der Waals surface area contributed by atoms with Crippen LogP contribution in [0.1, 0.15) is 33.6 Å². The third-order valence-corrected chi connectivity index (χ3v) is 8.48. The molecule has 0 radical (unpaired) electrons. The van der Waals surface area contributed by atoms with Crippen LogP contribution in [0.15, 0.2) is 32.5 Å². The van der Waals surface area contributed by atoms with Gasteiger partial charge >= 0.3 is 5.97 Å². The zero-order valence-electron chi connectivity index (χ0n) is 14.7. The molecule has 2 heterocycles. The van der Waals surface area contributed by atoms with Crippen molar-refractivity contribution < 1.29 is 14.3 Å². The van der Waals surface area contributed by atoms with E-state index >= 15 is 0 Å². The smallest absolute Gasteiger partial charge is 0.338 e. The second-order valence-electron chi connectivity index (χ2n) is 6.00. The number of ether oxygens (including phenoxy) is 1. The molecule has 1 amide bonds. The lowest BCUT2D eigenvalue weighted by Gasteiger charge is -2.24. The van der Waals surface area contributed by atoms with Crippen LogP contribution in [-0.4, -0.2) is 39.1 Å². The van der Waals surface area contributed by atoms with Crippen molar-refractivity contribution in [1.82, 2.24) is 0 Å². The van der Waals surface area contributed by atoms with Gasteiger partial charge in [0.2, 0.25) is 5.91 Å². The lowest BCUT2D eigenvalue weighted by atomic mass is 10.0. The zero-order chi connectivity index (χ0) is 19.2. The fourth-order valence-electron chi connectivity index (χ4n) is 2.76. The fraction of sp³-hybridized carbons (Fsp3) is 0.263. The van der Waals surface area contributed by atoms with Gasteiger partial charge in [0.05, 0.1) is 41.7 Å². The van der Waals surface area contributed by atoms with Gasteiger partial charge in [0.1, 0.15) is 0 Å². The molecule has 4 N–H and O–H groups in total. The monoisotopic (exact) mass is 593 g/mol. The summed E-state index contributed by atoms with van der Waals surface area (Å²) in [6.07, 6.45) is 6.16. The zero-order valence-corrected chi connectivity index (χ0v) is 19.1. The molecule has 6 nitrogen and oxygen atoms in total. The summed E-state index contributed by atoms with van der Waals surface area (Å²) in [5, 5.41) is 6.99. The van der Waals surface area contributed by atoms with Gasteiger partial charge < -0.3 is 21.1 Å². The summed E-state index contributed by atoms with van der Waals surface area (Å²) < 4.78 is 13.9. The highest BCUT2D eigenvalue weighted by atomic mass is 127. The third-order valence-electron chi connectivity index (χ3n) is 4.06. The van der Waals surface area contributed by atoms with Crippen molar-refractivity contribution in [2.75, 3.05) is 17.7 Å². The molecule has 0 bridgehead atoms. The van der Waals surface area contributed by atoms with Crippen LogP contribution in [0.3, 0.4) is 0 Å². The number of rotatable bonds is 6. The molecular formula is C19H21I2N3O3. The van der Waals surface area contributed by atoms with Crippen LogP contribution in [-0.2, 0) is 4.74 Å². The van der Waals surface area contributed by atoms with Gasteiger partial charge in [-0.2, -0.15) is 0 Å². The summed E-state index contributed by atoms with van der Waals surface area (Å²) >= 11 is -0.114. The topological polar surface area (TPSA) is 93.4 Å².